The third-order valence-corrected chi connectivity index (χ3v) is 5.70. The van der Waals surface area contributed by atoms with Crippen LogP contribution in [0.2, 0.25) is 0 Å². The van der Waals surface area contributed by atoms with E-state index in [1.54, 1.807) is 0 Å². The molecule has 0 radical (unpaired) electrons. The van der Waals surface area contributed by atoms with Crippen molar-refractivity contribution in [1.82, 2.24) is 15.1 Å². The van der Waals surface area contributed by atoms with Crippen molar-refractivity contribution in [2.45, 2.75) is 40.0 Å². The zero-order valence-electron chi connectivity index (χ0n) is 16.5. The van der Waals surface area contributed by atoms with Gasteiger partial charge in [-0.25, -0.2) is 0 Å². The van der Waals surface area contributed by atoms with Crippen LogP contribution in [-0.2, 0) is 9.53 Å². The highest BCUT2D eigenvalue weighted by atomic mass is 16.5. The van der Waals surface area contributed by atoms with Crippen LogP contribution in [0.5, 0.6) is 0 Å². The van der Waals surface area contributed by atoms with E-state index in [4.69, 9.17) is 9.73 Å². The predicted octanol–water partition coefficient (Wildman–Crippen LogP) is 1.81. The zero-order valence-corrected chi connectivity index (χ0v) is 16.5. The first-order chi connectivity index (χ1) is 12.1. The minimum absolute atomic E-state index is 0.0489. The van der Waals surface area contributed by atoms with E-state index in [-0.39, 0.29) is 11.9 Å². The fraction of sp³-hybridized carbons (Fsp3) is 0.895. The first kappa shape index (κ1) is 20.0. The Kier molecular flexibility index (Phi) is 8.00. The highest BCUT2D eigenvalue weighted by Crippen LogP contribution is 2.24. The number of likely N-dealkylation sites (tertiary alicyclic amines) is 2. The van der Waals surface area contributed by atoms with E-state index in [2.05, 4.69) is 35.9 Å². The SMILES string of the molecule is CCNC(=NCCC1CCN(CC)CC1)N1CC(C)C(C(=O)OC)C1. The summed E-state index contributed by atoms with van der Waals surface area (Å²) in [4.78, 5) is 21.5. The molecule has 2 fully saturated rings. The van der Waals surface area contributed by atoms with Gasteiger partial charge in [0.15, 0.2) is 5.96 Å². The van der Waals surface area contributed by atoms with Crippen molar-refractivity contribution in [2.75, 3.05) is 52.9 Å². The van der Waals surface area contributed by atoms with Crippen molar-refractivity contribution in [3.8, 4) is 0 Å². The van der Waals surface area contributed by atoms with E-state index in [0.29, 0.717) is 12.5 Å². The number of nitrogens with zero attached hydrogens (tertiary/aromatic N) is 3. The van der Waals surface area contributed by atoms with Gasteiger partial charge < -0.3 is 19.9 Å². The number of esters is 1. The Hall–Kier alpha value is -1.30. The van der Waals surface area contributed by atoms with Gasteiger partial charge in [0, 0.05) is 26.2 Å². The van der Waals surface area contributed by atoms with E-state index in [0.717, 1.165) is 37.9 Å². The lowest BCUT2D eigenvalue weighted by molar-refractivity contribution is -0.145. The molecule has 0 aromatic carbocycles. The van der Waals surface area contributed by atoms with Gasteiger partial charge in [-0.15, -0.1) is 0 Å². The molecule has 0 bridgehead atoms. The van der Waals surface area contributed by atoms with E-state index in [1.165, 1.54) is 39.6 Å². The maximum Gasteiger partial charge on any atom is 0.310 e. The first-order valence-corrected chi connectivity index (χ1v) is 9.92. The van der Waals surface area contributed by atoms with Crippen LogP contribution >= 0.6 is 0 Å². The molecule has 6 nitrogen and oxygen atoms in total. The molecular weight excluding hydrogens is 316 g/mol. The van der Waals surface area contributed by atoms with E-state index in [9.17, 15) is 4.79 Å². The summed E-state index contributed by atoms with van der Waals surface area (Å²) < 4.78 is 4.94. The molecule has 0 spiro atoms. The van der Waals surface area contributed by atoms with Gasteiger partial charge in [0.1, 0.15) is 0 Å². The van der Waals surface area contributed by atoms with Crippen LogP contribution in [0, 0.1) is 17.8 Å². The second-order valence-corrected chi connectivity index (χ2v) is 7.41. The van der Waals surface area contributed by atoms with Crippen LogP contribution in [0.1, 0.15) is 40.0 Å². The molecule has 144 valence electrons. The number of rotatable bonds is 6. The standard InChI is InChI=1S/C19H36N4O2/c1-5-20-19(23-13-15(3)17(14-23)18(24)25-4)21-10-7-16-8-11-22(6-2)12-9-16/h15-17H,5-14H2,1-4H3,(H,20,21). The lowest BCUT2D eigenvalue weighted by atomic mass is 9.94. The number of hydrogen-bond donors (Lipinski definition) is 1. The number of ether oxygens (including phenoxy) is 1. The number of carbonyl (C=O) groups excluding carboxylic acids is 1. The molecule has 0 saturated carbocycles. The Balaban J connectivity index is 1.85. The molecule has 2 aliphatic rings. The number of hydrogen-bond acceptors (Lipinski definition) is 4. The smallest absolute Gasteiger partial charge is 0.310 e. The summed E-state index contributed by atoms with van der Waals surface area (Å²) in [6.45, 7) is 13.4. The molecule has 0 aromatic rings. The van der Waals surface area contributed by atoms with Crippen molar-refractivity contribution >= 4 is 11.9 Å². The number of guanidine groups is 1. The zero-order chi connectivity index (χ0) is 18.2. The summed E-state index contributed by atoms with van der Waals surface area (Å²) in [7, 11) is 1.47. The number of aliphatic imine (C=N–C) groups is 1. The lowest BCUT2D eigenvalue weighted by Gasteiger charge is -2.30. The number of methoxy groups -OCH3 is 1. The summed E-state index contributed by atoms with van der Waals surface area (Å²) in [5.74, 6) is 1.90. The molecule has 1 N–H and O–H groups in total. The summed E-state index contributed by atoms with van der Waals surface area (Å²) in [5, 5.41) is 3.39. The van der Waals surface area contributed by atoms with Gasteiger partial charge >= 0.3 is 5.97 Å². The van der Waals surface area contributed by atoms with Gasteiger partial charge in [0.2, 0.25) is 0 Å². The second kappa shape index (κ2) is 10.00. The first-order valence-electron chi connectivity index (χ1n) is 9.92. The van der Waals surface area contributed by atoms with Crippen molar-refractivity contribution in [2.24, 2.45) is 22.7 Å². The van der Waals surface area contributed by atoms with Crippen LogP contribution in [0.4, 0.5) is 0 Å². The molecule has 0 amide bonds. The number of piperidine rings is 1. The molecule has 2 saturated heterocycles. The summed E-state index contributed by atoms with van der Waals surface area (Å²) >= 11 is 0. The highest BCUT2D eigenvalue weighted by molar-refractivity contribution is 5.82. The lowest BCUT2D eigenvalue weighted by Crippen LogP contribution is -2.41. The molecule has 2 heterocycles. The van der Waals surface area contributed by atoms with Gasteiger partial charge in [-0.3, -0.25) is 9.79 Å². The van der Waals surface area contributed by atoms with Gasteiger partial charge in [-0.05, 0) is 57.7 Å². The molecule has 2 rings (SSSR count). The Morgan fingerprint density at radius 1 is 1.24 bits per heavy atom. The average molecular weight is 353 g/mol. The molecule has 6 heteroatoms. The quantitative estimate of drug-likeness (QED) is 0.449. The van der Waals surface area contributed by atoms with E-state index >= 15 is 0 Å². The van der Waals surface area contributed by atoms with Crippen molar-refractivity contribution in [3.63, 3.8) is 0 Å². The fourth-order valence-corrected chi connectivity index (χ4v) is 3.97. The van der Waals surface area contributed by atoms with Crippen LogP contribution in [-0.4, -0.2) is 74.7 Å². The molecule has 2 atom stereocenters. The summed E-state index contributed by atoms with van der Waals surface area (Å²) in [6, 6.07) is 0. The predicted molar refractivity (Wildman–Crippen MR) is 102 cm³/mol. The topological polar surface area (TPSA) is 57.2 Å². The second-order valence-electron chi connectivity index (χ2n) is 7.41. The largest absolute Gasteiger partial charge is 0.469 e. The third kappa shape index (κ3) is 5.59. The normalized spacial score (nSPS) is 26.1. The maximum atomic E-state index is 11.9. The van der Waals surface area contributed by atoms with Crippen molar-refractivity contribution in [3.05, 3.63) is 0 Å². The average Bonchev–Trinajstić information content (AvgIpc) is 3.02. The van der Waals surface area contributed by atoms with E-state index < -0.39 is 0 Å². The maximum absolute atomic E-state index is 11.9. The van der Waals surface area contributed by atoms with Crippen LogP contribution in [0.15, 0.2) is 4.99 Å². The van der Waals surface area contributed by atoms with Crippen LogP contribution in [0.25, 0.3) is 0 Å². The molecule has 2 aliphatic heterocycles. The van der Waals surface area contributed by atoms with Gasteiger partial charge in [0.25, 0.3) is 0 Å². The molecule has 0 aromatic heterocycles. The van der Waals surface area contributed by atoms with Gasteiger partial charge in [0.05, 0.1) is 13.0 Å². The molecule has 0 aliphatic carbocycles. The van der Waals surface area contributed by atoms with Gasteiger partial charge in [-0.1, -0.05) is 13.8 Å². The highest BCUT2D eigenvalue weighted by Gasteiger charge is 2.36. The Morgan fingerprint density at radius 3 is 2.56 bits per heavy atom. The summed E-state index contributed by atoms with van der Waals surface area (Å²) in [5.41, 5.74) is 0. The van der Waals surface area contributed by atoms with E-state index in [1.807, 2.05) is 0 Å². The minimum Gasteiger partial charge on any atom is -0.469 e. The Bertz CT molecular complexity index is 447. The Labute approximate surface area is 153 Å². The number of nitrogens with one attached hydrogen (secondary N) is 1. The third-order valence-electron chi connectivity index (χ3n) is 5.70. The monoisotopic (exact) mass is 352 g/mol. The van der Waals surface area contributed by atoms with Crippen LogP contribution in [0.3, 0.4) is 0 Å². The van der Waals surface area contributed by atoms with Crippen LogP contribution < -0.4 is 5.32 Å². The van der Waals surface area contributed by atoms with Crippen molar-refractivity contribution in [1.29, 1.82) is 0 Å². The van der Waals surface area contributed by atoms with Crippen molar-refractivity contribution < 1.29 is 9.53 Å². The van der Waals surface area contributed by atoms with Gasteiger partial charge in [-0.2, -0.15) is 0 Å². The molecule has 25 heavy (non-hydrogen) atoms. The molecule has 2 unspecified atom stereocenters. The molecular formula is C19H36N4O2. The Morgan fingerprint density at radius 2 is 1.96 bits per heavy atom. The summed E-state index contributed by atoms with van der Waals surface area (Å²) in [6.07, 6.45) is 3.76. The number of carbonyl (C=O) groups is 1. The fourth-order valence-electron chi connectivity index (χ4n) is 3.97. The minimum atomic E-state index is -0.103.